The first kappa shape index (κ1) is 15.9. The molecule has 0 saturated heterocycles. The van der Waals surface area contributed by atoms with Crippen LogP contribution in [0.15, 0.2) is 54.7 Å². The smallest absolute Gasteiger partial charge is 0.275 e. The first-order valence-corrected chi connectivity index (χ1v) is 8.91. The second kappa shape index (κ2) is 6.25. The van der Waals surface area contributed by atoms with Crippen molar-refractivity contribution < 1.29 is 13.2 Å². The van der Waals surface area contributed by atoms with Crippen LogP contribution in [0.3, 0.4) is 0 Å². The molecule has 0 fully saturated rings. The van der Waals surface area contributed by atoms with Crippen LogP contribution in [0.5, 0.6) is 0 Å². The molecule has 0 aliphatic rings. The molecule has 2 aromatic carbocycles. The van der Waals surface area contributed by atoms with Crippen molar-refractivity contribution in [2.24, 2.45) is 0 Å². The highest BCUT2D eigenvalue weighted by Gasteiger charge is 2.13. The van der Waals surface area contributed by atoms with E-state index in [1.54, 1.807) is 36.4 Å². The summed E-state index contributed by atoms with van der Waals surface area (Å²) in [6.45, 7) is 0. The summed E-state index contributed by atoms with van der Waals surface area (Å²) >= 11 is 0. The minimum absolute atomic E-state index is 0.142. The van der Waals surface area contributed by atoms with Gasteiger partial charge in [0.25, 0.3) is 5.91 Å². The minimum atomic E-state index is -3.46. The zero-order valence-electron chi connectivity index (χ0n) is 12.7. The van der Waals surface area contributed by atoms with Crippen LogP contribution < -0.4 is 10.0 Å². The lowest BCUT2D eigenvalue weighted by atomic mass is 10.2. The molecule has 3 aromatic rings. The Morgan fingerprint density at radius 3 is 2.29 bits per heavy atom. The van der Waals surface area contributed by atoms with Crippen molar-refractivity contribution in [1.82, 2.24) is 9.97 Å². The Kier molecular flexibility index (Phi) is 4.13. The SMILES string of the molecule is CS(=O)(=O)Nc1ccccc1NC(=O)c1cnc2ccccc2n1. The van der Waals surface area contributed by atoms with Crippen molar-refractivity contribution >= 4 is 38.3 Å². The summed E-state index contributed by atoms with van der Waals surface area (Å²) in [6.07, 6.45) is 2.42. The molecule has 3 rings (SSSR count). The number of hydrogen-bond acceptors (Lipinski definition) is 5. The third kappa shape index (κ3) is 3.66. The highest BCUT2D eigenvalue weighted by atomic mass is 32.2. The van der Waals surface area contributed by atoms with Crippen LogP contribution in [0.4, 0.5) is 11.4 Å². The molecule has 0 spiro atoms. The van der Waals surface area contributed by atoms with Crippen LogP contribution in [0.2, 0.25) is 0 Å². The van der Waals surface area contributed by atoms with Gasteiger partial charge >= 0.3 is 0 Å². The monoisotopic (exact) mass is 342 g/mol. The fourth-order valence-electron chi connectivity index (χ4n) is 2.13. The van der Waals surface area contributed by atoms with Gasteiger partial charge in [0.05, 0.1) is 34.9 Å². The van der Waals surface area contributed by atoms with Crippen molar-refractivity contribution in [2.75, 3.05) is 16.3 Å². The van der Waals surface area contributed by atoms with Gasteiger partial charge in [-0.05, 0) is 24.3 Å². The first-order valence-electron chi connectivity index (χ1n) is 7.02. The average Bonchev–Trinajstić information content (AvgIpc) is 2.55. The molecule has 0 saturated carbocycles. The number of hydrogen-bond donors (Lipinski definition) is 2. The van der Waals surface area contributed by atoms with Gasteiger partial charge in [0.2, 0.25) is 10.0 Å². The number of rotatable bonds is 4. The highest BCUT2D eigenvalue weighted by molar-refractivity contribution is 7.92. The van der Waals surface area contributed by atoms with Crippen LogP contribution in [0, 0.1) is 0 Å². The first-order chi connectivity index (χ1) is 11.4. The lowest BCUT2D eigenvalue weighted by Crippen LogP contribution is -2.17. The topological polar surface area (TPSA) is 101 Å². The van der Waals surface area contributed by atoms with E-state index in [-0.39, 0.29) is 11.4 Å². The van der Waals surface area contributed by atoms with Crippen LogP contribution in [-0.2, 0) is 10.0 Å². The zero-order valence-corrected chi connectivity index (χ0v) is 13.5. The third-order valence-electron chi connectivity index (χ3n) is 3.15. The number of aromatic nitrogens is 2. The van der Waals surface area contributed by atoms with Crippen molar-refractivity contribution in [3.05, 3.63) is 60.4 Å². The summed E-state index contributed by atoms with van der Waals surface area (Å²) in [5.41, 5.74) is 2.05. The largest absolute Gasteiger partial charge is 0.319 e. The Hall–Kier alpha value is -3.00. The third-order valence-corrected chi connectivity index (χ3v) is 3.74. The number of nitrogens with zero attached hydrogens (tertiary/aromatic N) is 2. The van der Waals surface area contributed by atoms with Gasteiger partial charge in [-0.3, -0.25) is 14.5 Å². The molecule has 1 aromatic heterocycles. The van der Waals surface area contributed by atoms with E-state index in [4.69, 9.17) is 0 Å². The summed E-state index contributed by atoms with van der Waals surface area (Å²) in [4.78, 5) is 20.8. The molecule has 0 bridgehead atoms. The van der Waals surface area contributed by atoms with Gasteiger partial charge < -0.3 is 5.32 Å². The minimum Gasteiger partial charge on any atom is -0.319 e. The standard InChI is InChI=1S/C16H14N4O3S/c1-24(22,23)20-14-9-5-4-8-13(14)19-16(21)15-10-17-11-6-2-3-7-12(11)18-15/h2-10,20H,1H3,(H,19,21). The number of carbonyl (C=O) groups excluding carboxylic acids is 1. The van der Waals surface area contributed by atoms with Crippen molar-refractivity contribution in [3.63, 3.8) is 0 Å². The predicted molar refractivity (Wildman–Crippen MR) is 92.4 cm³/mol. The number of para-hydroxylation sites is 4. The molecule has 0 radical (unpaired) electrons. The van der Waals surface area contributed by atoms with E-state index in [9.17, 15) is 13.2 Å². The van der Waals surface area contributed by atoms with Crippen LogP contribution in [-0.4, -0.2) is 30.5 Å². The van der Waals surface area contributed by atoms with E-state index in [1.807, 2.05) is 12.1 Å². The molecule has 0 atom stereocenters. The Bertz CT molecular complexity index is 1020. The summed E-state index contributed by atoms with van der Waals surface area (Å²) in [7, 11) is -3.46. The maximum Gasteiger partial charge on any atom is 0.275 e. The van der Waals surface area contributed by atoms with Crippen molar-refractivity contribution in [3.8, 4) is 0 Å². The molecule has 0 aliphatic carbocycles. The average molecular weight is 342 g/mol. The molecule has 0 unspecified atom stereocenters. The molecule has 2 N–H and O–H groups in total. The number of nitrogens with one attached hydrogen (secondary N) is 2. The molecular formula is C16H14N4O3S. The van der Waals surface area contributed by atoms with Gasteiger partial charge in [-0.1, -0.05) is 24.3 Å². The van der Waals surface area contributed by atoms with Crippen LogP contribution in [0.25, 0.3) is 11.0 Å². The van der Waals surface area contributed by atoms with E-state index in [1.165, 1.54) is 6.20 Å². The predicted octanol–water partition coefficient (Wildman–Crippen LogP) is 2.25. The number of benzene rings is 2. The second-order valence-electron chi connectivity index (χ2n) is 5.12. The second-order valence-corrected chi connectivity index (χ2v) is 6.87. The van der Waals surface area contributed by atoms with Gasteiger partial charge in [0, 0.05) is 0 Å². The Morgan fingerprint density at radius 2 is 1.58 bits per heavy atom. The van der Waals surface area contributed by atoms with Gasteiger partial charge in [0.15, 0.2) is 0 Å². The van der Waals surface area contributed by atoms with Crippen LogP contribution in [0.1, 0.15) is 10.5 Å². The fourth-order valence-corrected chi connectivity index (χ4v) is 2.71. The molecule has 122 valence electrons. The fraction of sp³-hybridized carbons (Fsp3) is 0.0625. The van der Waals surface area contributed by atoms with E-state index in [2.05, 4.69) is 20.0 Å². The number of anilines is 2. The van der Waals surface area contributed by atoms with Gasteiger partial charge in [0.1, 0.15) is 5.69 Å². The van der Waals surface area contributed by atoms with E-state index in [0.29, 0.717) is 16.7 Å². The maximum atomic E-state index is 12.4. The number of carbonyl (C=O) groups is 1. The lowest BCUT2D eigenvalue weighted by Gasteiger charge is -2.11. The van der Waals surface area contributed by atoms with E-state index < -0.39 is 15.9 Å². The zero-order chi connectivity index (χ0) is 17.2. The molecule has 1 amide bonds. The summed E-state index contributed by atoms with van der Waals surface area (Å²) in [6, 6.07) is 13.7. The highest BCUT2D eigenvalue weighted by Crippen LogP contribution is 2.22. The Labute approximate surface area is 138 Å². The molecule has 24 heavy (non-hydrogen) atoms. The summed E-state index contributed by atoms with van der Waals surface area (Å²) in [5.74, 6) is -0.476. The molecule has 7 nitrogen and oxygen atoms in total. The maximum absolute atomic E-state index is 12.4. The molecule has 0 aliphatic heterocycles. The van der Waals surface area contributed by atoms with Crippen molar-refractivity contribution in [1.29, 1.82) is 0 Å². The number of amides is 1. The quantitative estimate of drug-likeness (QED) is 0.757. The van der Waals surface area contributed by atoms with Gasteiger partial charge in [-0.2, -0.15) is 0 Å². The van der Waals surface area contributed by atoms with Crippen LogP contribution >= 0.6 is 0 Å². The van der Waals surface area contributed by atoms with Gasteiger partial charge in [-0.25, -0.2) is 13.4 Å². The summed E-state index contributed by atoms with van der Waals surface area (Å²) < 4.78 is 25.2. The van der Waals surface area contributed by atoms with Crippen molar-refractivity contribution in [2.45, 2.75) is 0 Å². The molecule has 1 heterocycles. The Morgan fingerprint density at radius 1 is 0.958 bits per heavy atom. The normalized spacial score (nSPS) is 11.2. The summed E-state index contributed by atoms with van der Waals surface area (Å²) in [5, 5.41) is 2.65. The number of sulfonamides is 1. The van der Waals surface area contributed by atoms with Gasteiger partial charge in [-0.15, -0.1) is 0 Å². The Balaban J connectivity index is 1.89. The molecule has 8 heteroatoms. The number of fused-ring (bicyclic) bond motifs is 1. The van der Waals surface area contributed by atoms with E-state index in [0.717, 1.165) is 6.26 Å². The lowest BCUT2D eigenvalue weighted by molar-refractivity contribution is 0.102. The molecular weight excluding hydrogens is 328 g/mol. The van der Waals surface area contributed by atoms with E-state index >= 15 is 0 Å².